The SMILES string of the molecule is O=C(O)c1cccc(N2N=C(c3ccc(-c4ccccc4)cc3)CC2c2ccc3nccnc3c2)c1. The molecule has 1 unspecified atom stereocenters. The van der Waals surface area contributed by atoms with E-state index in [4.69, 9.17) is 5.10 Å². The average Bonchev–Trinajstić information content (AvgIpc) is 3.39. The highest BCUT2D eigenvalue weighted by molar-refractivity contribution is 6.03. The van der Waals surface area contributed by atoms with Crippen LogP contribution in [0.15, 0.2) is 115 Å². The summed E-state index contributed by atoms with van der Waals surface area (Å²) in [7, 11) is 0. The van der Waals surface area contributed by atoms with Crippen molar-refractivity contribution in [2.45, 2.75) is 12.5 Å². The zero-order valence-corrected chi connectivity index (χ0v) is 19.3. The van der Waals surface area contributed by atoms with Crippen LogP contribution in [0, 0.1) is 0 Å². The molecule has 0 saturated carbocycles. The van der Waals surface area contributed by atoms with Gasteiger partial charge in [-0.05, 0) is 52.6 Å². The van der Waals surface area contributed by atoms with E-state index in [9.17, 15) is 9.90 Å². The fourth-order valence-electron chi connectivity index (χ4n) is 4.64. The van der Waals surface area contributed by atoms with E-state index in [1.807, 2.05) is 47.5 Å². The summed E-state index contributed by atoms with van der Waals surface area (Å²) >= 11 is 0. The maximum atomic E-state index is 11.6. The molecule has 1 aromatic heterocycles. The van der Waals surface area contributed by atoms with Gasteiger partial charge in [-0.25, -0.2) is 4.79 Å². The zero-order valence-electron chi connectivity index (χ0n) is 19.3. The smallest absolute Gasteiger partial charge is 0.335 e. The van der Waals surface area contributed by atoms with Crippen LogP contribution in [0.3, 0.4) is 0 Å². The third kappa shape index (κ3) is 4.09. The molecule has 1 aliphatic rings. The number of carboxylic acid groups (broad SMARTS) is 1. The van der Waals surface area contributed by atoms with Gasteiger partial charge in [-0.1, -0.05) is 66.7 Å². The molecule has 0 amide bonds. The molecule has 36 heavy (non-hydrogen) atoms. The van der Waals surface area contributed by atoms with Crippen molar-refractivity contribution < 1.29 is 9.90 Å². The van der Waals surface area contributed by atoms with E-state index in [0.717, 1.165) is 39.1 Å². The molecule has 174 valence electrons. The number of hydrogen-bond donors (Lipinski definition) is 1. The summed E-state index contributed by atoms with van der Waals surface area (Å²) < 4.78 is 0. The van der Waals surface area contributed by atoms with Gasteiger partial charge >= 0.3 is 5.97 Å². The van der Waals surface area contributed by atoms with Crippen molar-refractivity contribution >= 4 is 28.4 Å². The Hall–Kier alpha value is -4.84. The Morgan fingerprint density at radius 3 is 2.25 bits per heavy atom. The Morgan fingerprint density at radius 1 is 0.750 bits per heavy atom. The molecular formula is C30H22N4O2. The van der Waals surface area contributed by atoms with Crippen LogP contribution in [-0.4, -0.2) is 26.8 Å². The molecule has 6 rings (SSSR count). The van der Waals surface area contributed by atoms with E-state index >= 15 is 0 Å². The number of hydrogen-bond acceptors (Lipinski definition) is 5. The van der Waals surface area contributed by atoms with Crippen molar-refractivity contribution in [2.75, 3.05) is 5.01 Å². The molecule has 0 spiro atoms. The molecule has 0 bridgehead atoms. The minimum Gasteiger partial charge on any atom is -0.478 e. The van der Waals surface area contributed by atoms with Crippen molar-refractivity contribution in [1.29, 1.82) is 0 Å². The first kappa shape index (κ1) is 21.7. The molecular weight excluding hydrogens is 448 g/mol. The molecule has 1 aliphatic heterocycles. The van der Waals surface area contributed by atoms with Crippen LogP contribution >= 0.6 is 0 Å². The van der Waals surface area contributed by atoms with Gasteiger partial charge in [-0.2, -0.15) is 5.10 Å². The second-order valence-electron chi connectivity index (χ2n) is 8.71. The van der Waals surface area contributed by atoms with Crippen molar-refractivity contribution in [1.82, 2.24) is 9.97 Å². The number of rotatable bonds is 5. The summed E-state index contributed by atoms with van der Waals surface area (Å²) in [6.45, 7) is 0. The fourth-order valence-corrected chi connectivity index (χ4v) is 4.64. The van der Waals surface area contributed by atoms with Crippen LogP contribution in [-0.2, 0) is 0 Å². The lowest BCUT2D eigenvalue weighted by Gasteiger charge is -2.24. The summed E-state index contributed by atoms with van der Waals surface area (Å²) in [4.78, 5) is 20.5. The summed E-state index contributed by atoms with van der Waals surface area (Å²) in [5.41, 5.74) is 7.95. The van der Waals surface area contributed by atoms with Gasteiger partial charge in [0.1, 0.15) is 0 Å². The van der Waals surface area contributed by atoms with Gasteiger partial charge in [0.15, 0.2) is 0 Å². The lowest BCUT2D eigenvalue weighted by Crippen LogP contribution is -2.19. The van der Waals surface area contributed by atoms with E-state index in [-0.39, 0.29) is 11.6 Å². The summed E-state index contributed by atoms with van der Waals surface area (Å²) in [5, 5.41) is 16.4. The minimum atomic E-state index is -0.964. The number of aromatic nitrogens is 2. The van der Waals surface area contributed by atoms with Crippen molar-refractivity contribution in [2.24, 2.45) is 5.10 Å². The molecule has 6 nitrogen and oxygen atoms in total. The van der Waals surface area contributed by atoms with Crippen LogP contribution < -0.4 is 5.01 Å². The van der Waals surface area contributed by atoms with Crippen molar-refractivity contribution in [3.8, 4) is 11.1 Å². The van der Waals surface area contributed by atoms with Crippen molar-refractivity contribution in [3.63, 3.8) is 0 Å². The van der Waals surface area contributed by atoms with E-state index in [1.54, 1.807) is 30.6 Å². The van der Waals surface area contributed by atoms with Gasteiger partial charge in [0.25, 0.3) is 0 Å². The van der Waals surface area contributed by atoms with Gasteiger partial charge < -0.3 is 5.11 Å². The molecule has 1 atom stereocenters. The molecule has 6 heteroatoms. The highest BCUT2D eigenvalue weighted by Crippen LogP contribution is 2.38. The van der Waals surface area contributed by atoms with Crippen LogP contribution in [0.4, 0.5) is 5.69 Å². The first-order chi connectivity index (χ1) is 17.7. The Bertz CT molecular complexity index is 1600. The zero-order chi connectivity index (χ0) is 24.5. The molecule has 5 aromatic rings. The Balaban J connectivity index is 1.40. The number of anilines is 1. The standard InChI is InChI=1S/C30H22N4O2/c35-30(36)24-7-4-8-25(17-24)34-29(23-13-14-26-28(18-23)32-16-15-31-26)19-27(33-34)22-11-9-21(10-12-22)20-5-2-1-3-6-20/h1-18,29H,19H2,(H,35,36). The summed E-state index contributed by atoms with van der Waals surface area (Å²) in [6.07, 6.45) is 4.04. The number of carbonyl (C=O) groups is 1. The summed E-state index contributed by atoms with van der Waals surface area (Å²) in [5.74, 6) is -0.964. The van der Waals surface area contributed by atoms with Gasteiger partial charge in [0.05, 0.1) is 34.0 Å². The van der Waals surface area contributed by atoms with Crippen molar-refractivity contribution in [3.05, 3.63) is 126 Å². The maximum absolute atomic E-state index is 11.6. The van der Waals surface area contributed by atoms with E-state index < -0.39 is 5.97 Å². The molecule has 0 fully saturated rings. The van der Waals surface area contributed by atoms with Crippen LogP contribution in [0.5, 0.6) is 0 Å². The normalized spacial score (nSPS) is 15.2. The second-order valence-corrected chi connectivity index (χ2v) is 8.71. The van der Waals surface area contributed by atoms with Crippen LogP contribution in [0.25, 0.3) is 22.2 Å². The topological polar surface area (TPSA) is 78.7 Å². The number of benzene rings is 4. The Kier molecular flexibility index (Phi) is 5.46. The van der Waals surface area contributed by atoms with E-state index in [0.29, 0.717) is 6.42 Å². The first-order valence-electron chi connectivity index (χ1n) is 11.7. The minimum absolute atomic E-state index is 0.107. The lowest BCUT2D eigenvalue weighted by atomic mass is 9.96. The predicted octanol–water partition coefficient (Wildman–Crippen LogP) is 6.35. The highest BCUT2D eigenvalue weighted by Gasteiger charge is 2.30. The fraction of sp³-hybridized carbons (Fsp3) is 0.0667. The van der Waals surface area contributed by atoms with Crippen LogP contribution in [0.2, 0.25) is 0 Å². The molecule has 2 heterocycles. The first-order valence-corrected chi connectivity index (χ1v) is 11.7. The highest BCUT2D eigenvalue weighted by atomic mass is 16.4. The molecule has 0 saturated heterocycles. The number of hydrazone groups is 1. The lowest BCUT2D eigenvalue weighted by molar-refractivity contribution is 0.0697. The monoisotopic (exact) mass is 470 g/mol. The third-order valence-electron chi connectivity index (χ3n) is 6.47. The number of fused-ring (bicyclic) bond motifs is 1. The number of nitrogens with zero attached hydrogens (tertiary/aromatic N) is 4. The third-order valence-corrected chi connectivity index (χ3v) is 6.47. The van der Waals surface area contributed by atoms with Gasteiger partial charge in [-0.3, -0.25) is 15.0 Å². The predicted molar refractivity (Wildman–Crippen MR) is 141 cm³/mol. The van der Waals surface area contributed by atoms with Gasteiger partial charge in [0, 0.05) is 18.8 Å². The largest absolute Gasteiger partial charge is 0.478 e. The average molecular weight is 471 g/mol. The van der Waals surface area contributed by atoms with Crippen LogP contribution in [0.1, 0.15) is 33.9 Å². The number of aromatic carboxylic acids is 1. The molecule has 0 radical (unpaired) electrons. The Morgan fingerprint density at radius 2 is 1.47 bits per heavy atom. The number of carboxylic acids is 1. The van der Waals surface area contributed by atoms with E-state index in [2.05, 4.69) is 46.4 Å². The van der Waals surface area contributed by atoms with E-state index in [1.165, 1.54) is 5.56 Å². The maximum Gasteiger partial charge on any atom is 0.335 e. The molecule has 1 N–H and O–H groups in total. The second kappa shape index (κ2) is 9.07. The van der Waals surface area contributed by atoms with Gasteiger partial charge in [-0.15, -0.1) is 0 Å². The quantitative estimate of drug-likeness (QED) is 0.324. The summed E-state index contributed by atoms with van der Waals surface area (Å²) in [6, 6.07) is 31.5. The van der Waals surface area contributed by atoms with Gasteiger partial charge in [0.2, 0.25) is 0 Å². The Labute approximate surface area is 208 Å². The molecule has 4 aromatic carbocycles. The molecule has 0 aliphatic carbocycles.